The van der Waals surface area contributed by atoms with E-state index in [-0.39, 0.29) is 12.1 Å². The van der Waals surface area contributed by atoms with E-state index in [9.17, 15) is 0 Å². The topological polar surface area (TPSA) is 44.5 Å². The van der Waals surface area contributed by atoms with Crippen molar-refractivity contribution in [3.8, 4) is 0 Å². The van der Waals surface area contributed by atoms with Crippen LogP contribution in [0.15, 0.2) is 11.8 Å². The first-order valence-electron chi connectivity index (χ1n) is 5.97. The summed E-state index contributed by atoms with van der Waals surface area (Å²) in [5.74, 6) is 0. The summed E-state index contributed by atoms with van der Waals surface area (Å²) in [5, 5.41) is 0. The highest BCUT2D eigenvalue weighted by atomic mass is 16.5. The summed E-state index contributed by atoms with van der Waals surface area (Å²) in [4.78, 5) is 0. The fourth-order valence-corrected chi connectivity index (χ4v) is 1.93. The smallest absolute Gasteiger partial charge is 0.0876 e. The Kier molecular flexibility index (Phi) is 5.73. The van der Waals surface area contributed by atoms with Gasteiger partial charge in [-0.1, -0.05) is 13.3 Å². The predicted molar refractivity (Wildman–Crippen MR) is 61.6 cm³/mol. The lowest BCUT2D eigenvalue weighted by atomic mass is 9.95. The minimum absolute atomic E-state index is 0.00481. The number of ether oxygens (including phenoxy) is 2. The Morgan fingerprint density at radius 2 is 2.33 bits per heavy atom. The molecule has 0 saturated heterocycles. The standard InChI is InChI=1S/C12H23NO2/c1-3-6-11(15-4-2)12(13)10-7-5-8-14-9-10/h9,11-12H,3-8,13H2,1-2H3. The van der Waals surface area contributed by atoms with Crippen molar-refractivity contribution in [2.24, 2.45) is 5.73 Å². The van der Waals surface area contributed by atoms with E-state index in [1.54, 1.807) is 0 Å². The van der Waals surface area contributed by atoms with Crippen LogP contribution in [0.2, 0.25) is 0 Å². The zero-order chi connectivity index (χ0) is 11.1. The normalized spacial score (nSPS) is 20.3. The van der Waals surface area contributed by atoms with Gasteiger partial charge in [0.05, 0.1) is 25.0 Å². The van der Waals surface area contributed by atoms with E-state index in [2.05, 4.69) is 6.92 Å². The Bertz CT molecular complexity index is 198. The lowest BCUT2D eigenvalue weighted by molar-refractivity contribution is 0.0426. The van der Waals surface area contributed by atoms with Gasteiger partial charge in [-0.05, 0) is 31.8 Å². The first-order valence-corrected chi connectivity index (χ1v) is 5.97. The maximum absolute atomic E-state index is 6.19. The van der Waals surface area contributed by atoms with E-state index >= 15 is 0 Å². The number of nitrogens with two attached hydrogens (primary N) is 1. The molecule has 88 valence electrons. The molecule has 1 heterocycles. The third kappa shape index (κ3) is 3.84. The Morgan fingerprint density at radius 1 is 1.53 bits per heavy atom. The molecule has 0 aromatic heterocycles. The van der Waals surface area contributed by atoms with E-state index in [1.165, 1.54) is 5.57 Å². The summed E-state index contributed by atoms with van der Waals surface area (Å²) in [5.41, 5.74) is 7.39. The lowest BCUT2D eigenvalue weighted by Gasteiger charge is -2.27. The summed E-state index contributed by atoms with van der Waals surface area (Å²) in [6, 6.07) is 0.00481. The second kappa shape index (κ2) is 6.85. The highest BCUT2D eigenvalue weighted by Gasteiger charge is 2.22. The third-order valence-electron chi connectivity index (χ3n) is 2.74. The summed E-state index contributed by atoms with van der Waals surface area (Å²) in [6.07, 6.45) is 6.22. The van der Waals surface area contributed by atoms with Crippen LogP contribution in [0, 0.1) is 0 Å². The summed E-state index contributed by atoms with van der Waals surface area (Å²) in [7, 11) is 0. The molecule has 1 rings (SSSR count). The van der Waals surface area contributed by atoms with Crippen molar-refractivity contribution in [3.05, 3.63) is 11.8 Å². The Balaban J connectivity index is 2.52. The Labute approximate surface area is 92.6 Å². The van der Waals surface area contributed by atoms with Crippen molar-refractivity contribution >= 4 is 0 Å². The van der Waals surface area contributed by atoms with Crippen LogP contribution in [0.3, 0.4) is 0 Å². The number of rotatable bonds is 6. The second-order valence-electron chi connectivity index (χ2n) is 3.98. The van der Waals surface area contributed by atoms with Gasteiger partial charge in [-0.2, -0.15) is 0 Å². The zero-order valence-corrected chi connectivity index (χ0v) is 9.87. The van der Waals surface area contributed by atoms with Gasteiger partial charge in [-0.3, -0.25) is 0 Å². The number of hydrogen-bond donors (Lipinski definition) is 1. The molecule has 1 aliphatic rings. The Hall–Kier alpha value is -0.540. The molecule has 0 aromatic rings. The maximum atomic E-state index is 6.19. The first kappa shape index (κ1) is 12.5. The average molecular weight is 213 g/mol. The highest BCUT2D eigenvalue weighted by molar-refractivity contribution is 5.11. The molecule has 2 unspecified atom stereocenters. The molecule has 0 spiro atoms. The molecule has 0 amide bonds. The summed E-state index contributed by atoms with van der Waals surface area (Å²) < 4.78 is 11.0. The van der Waals surface area contributed by atoms with Crippen LogP contribution in [-0.4, -0.2) is 25.4 Å². The van der Waals surface area contributed by atoms with Crippen LogP contribution in [0.1, 0.15) is 39.5 Å². The maximum Gasteiger partial charge on any atom is 0.0876 e. The fraction of sp³-hybridized carbons (Fsp3) is 0.833. The van der Waals surface area contributed by atoms with Crippen LogP contribution in [0.4, 0.5) is 0 Å². The largest absolute Gasteiger partial charge is 0.501 e. The van der Waals surface area contributed by atoms with Gasteiger partial charge in [-0.25, -0.2) is 0 Å². The van der Waals surface area contributed by atoms with Crippen molar-refractivity contribution in [1.29, 1.82) is 0 Å². The highest BCUT2D eigenvalue weighted by Crippen LogP contribution is 2.20. The van der Waals surface area contributed by atoms with E-state index in [1.807, 2.05) is 13.2 Å². The molecule has 3 nitrogen and oxygen atoms in total. The lowest BCUT2D eigenvalue weighted by Crippen LogP contribution is -2.39. The van der Waals surface area contributed by atoms with Crippen molar-refractivity contribution in [2.45, 2.75) is 51.7 Å². The Morgan fingerprint density at radius 3 is 2.87 bits per heavy atom. The second-order valence-corrected chi connectivity index (χ2v) is 3.98. The van der Waals surface area contributed by atoms with Crippen molar-refractivity contribution in [1.82, 2.24) is 0 Å². The molecular weight excluding hydrogens is 190 g/mol. The van der Waals surface area contributed by atoms with Crippen molar-refractivity contribution in [3.63, 3.8) is 0 Å². The SMILES string of the molecule is CCCC(OCC)C(N)C1=COCCC1. The van der Waals surface area contributed by atoms with Gasteiger partial charge in [0.2, 0.25) is 0 Å². The molecule has 1 aliphatic heterocycles. The molecule has 3 heteroatoms. The zero-order valence-electron chi connectivity index (χ0n) is 9.87. The van der Waals surface area contributed by atoms with Crippen LogP contribution in [-0.2, 0) is 9.47 Å². The quantitative estimate of drug-likeness (QED) is 0.735. The molecule has 2 atom stereocenters. The minimum atomic E-state index is 0.00481. The van der Waals surface area contributed by atoms with E-state index in [0.29, 0.717) is 0 Å². The molecule has 0 radical (unpaired) electrons. The molecule has 2 N–H and O–H groups in total. The van der Waals surface area contributed by atoms with Gasteiger partial charge in [0.1, 0.15) is 0 Å². The summed E-state index contributed by atoms with van der Waals surface area (Å²) >= 11 is 0. The van der Waals surface area contributed by atoms with Gasteiger partial charge in [0.15, 0.2) is 0 Å². The molecule has 0 aliphatic carbocycles. The van der Waals surface area contributed by atoms with Crippen molar-refractivity contribution < 1.29 is 9.47 Å². The van der Waals surface area contributed by atoms with Gasteiger partial charge in [0.25, 0.3) is 0 Å². The fourth-order valence-electron chi connectivity index (χ4n) is 1.93. The third-order valence-corrected chi connectivity index (χ3v) is 2.74. The number of hydrogen-bond acceptors (Lipinski definition) is 3. The van der Waals surface area contributed by atoms with Crippen LogP contribution in [0.5, 0.6) is 0 Å². The average Bonchev–Trinajstić information content (AvgIpc) is 2.29. The molecular formula is C12H23NO2. The monoisotopic (exact) mass is 213 g/mol. The minimum Gasteiger partial charge on any atom is -0.501 e. The molecule has 0 bridgehead atoms. The van der Waals surface area contributed by atoms with E-state index < -0.39 is 0 Å². The van der Waals surface area contributed by atoms with Crippen LogP contribution >= 0.6 is 0 Å². The van der Waals surface area contributed by atoms with E-state index in [0.717, 1.165) is 38.9 Å². The summed E-state index contributed by atoms with van der Waals surface area (Å²) in [6.45, 7) is 5.72. The van der Waals surface area contributed by atoms with Crippen LogP contribution in [0.25, 0.3) is 0 Å². The van der Waals surface area contributed by atoms with Gasteiger partial charge < -0.3 is 15.2 Å². The van der Waals surface area contributed by atoms with E-state index in [4.69, 9.17) is 15.2 Å². The van der Waals surface area contributed by atoms with Crippen molar-refractivity contribution in [2.75, 3.05) is 13.2 Å². The predicted octanol–water partition coefficient (Wildman–Crippen LogP) is 2.21. The van der Waals surface area contributed by atoms with Gasteiger partial charge in [0, 0.05) is 6.61 Å². The van der Waals surface area contributed by atoms with Gasteiger partial charge >= 0.3 is 0 Å². The first-order chi connectivity index (χ1) is 7.29. The molecule has 0 saturated carbocycles. The molecule has 0 fully saturated rings. The molecule has 0 aromatic carbocycles. The molecule has 15 heavy (non-hydrogen) atoms. The van der Waals surface area contributed by atoms with Gasteiger partial charge in [-0.15, -0.1) is 0 Å². The van der Waals surface area contributed by atoms with Crippen LogP contribution < -0.4 is 5.73 Å².